The average Bonchev–Trinajstić information content (AvgIpc) is 3.15. The molecule has 3 aromatic rings. The number of thiophene rings is 1. The van der Waals surface area contributed by atoms with Crippen molar-refractivity contribution in [3.05, 3.63) is 62.0 Å². The van der Waals surface area contributed by atoms with E-state index in [2.05, 4.69) is 13.0 Å². The Balaban J connectivity index is 1.60. The standard InChI is InChI=1S/C24H26N4O2S/c1-16-2-7-19-20(12-16)31-23-22(19)24(29)28(14-18-5-3-17(13-25)4-6-18)21(26-23)15-27-8-10-30-11-9-27/h3-6,16H,2,7-12,14-15H2,1H3/p+1/t16-/m0/s1. The third-order valence-corrected chi connectivity index (χ3v) is 7.67. The van der Waals surface area contributed by atoms with Gasteiger partial charge in [0.05, 0.1) is 36.8 Å². The van der Waals surface area contributed by atoms with E-state index < -0.39 is 0 Å². The van der Waals surface area contributed by atoms with Gasteiger partial charge in [0.1, 0.15) is 24.5 Å². The van der Waals surface area contributed by atoms with Gasteiger partial charge in [-0.1, -0.05) is 19.1 Å². The van der Waals surface area contributed by atoms with Gasteiger partial charge in [-0.15, -0.1) is 11.3 Å². The van der Waals surface area contributed by atoms with Crippen LogP contribution < -0.4 is 10.5 Å². The fraction of sp³-hybridized carbons (Fsp3) is 0.458. The van der Waals surface area contributed by atoms with Gasteiger partial charge >= 0.3 is 0 Å². The van der Waals surface area contributed by atoms with E-state index in [1.807, 2.05) is 28.8 Å². The molecule has 1 N–H and O–H groups in total. The summed E-state index contributed by atoms with van der Waals surface area (Å²) in [5, 5.41) is 9.92. The normalized spacial score (nSPS) is 19.3. The lowest BCUT2D eigenvalue weighted by atomic mass is 9.89. The summed E-state index contributed by atoms with van der Waals surface area (Å²) in [6.07, 6.45) is 3.15. The molecule has 1 saturated heterocycles. The van der Waals surface area contributed by atoms with Gasteiger partial charge in [0.25, 0.3) is 5.56 Å². The van der Waals surface area contributed by atoms with Gasteiger partial charge in [0, 0.05) is 4.88 Å². The number of aromatic nitrogens is 2. The van der Waals surface area contributed by atoms with E-state index in [0.29, 0.717) is 18.0 Å². The Kier molecular flexibility index (Phi) is 5.61. The molecule has 0 spiro atoms. The van der Waals surface area contributed by atoms with Crippen molar-refractivity contribution in [3.63, 3.8) is 0 Å². The predicted molar refractivity (Wildman–Crippen MR) is 121 cm³/mol. The first-order valence-electron chi connectivity index (χ1n) is 11.1. The molecule has 5 rings (SSSR count). The lowest BCUT2D eigenvalue weighted by molar-refractivity contribution is -0.922. The van der Waals surface area contributed by atoms with Crippen LogP contribution in [0.3, 0.4) is 0 Å². The van der Waals surface area contributed by atoms with Crippen molar-refractivity contribution >= 4 is 21.6 Å². The molecule has 0 unspecified atom stereocenters. The van der Waals surface area contributed by atoms with E-state index >= 15 is 0 Å². The maximum Gasteiger partial charge on any atom is 0.263 e. The minimum atomic E-state index is 0.0871. The first-order valence-corrected chi connectivity index (χ1v) is 11.9. The number of fused-ring (bicyclic) bond motifs is 3. The largest absolute Gasteiger partial charge is 0.370 e. The topological polar surface area (TPSA) is 72.3 Å². The molecule has 31 heavy (non-hydrogen) atoms. The predicted octanol–water partition coefficient (Wildman–Crippen LogP) is 1.92. The molecule has 1 atom stereocenters. The zero-order valence-electron chi connectivity index (χ0n) is 17.8. The van der Waals surface area contributed by atoms with Crippen LogP contribution in [0.5, 0.6) is 0 Å². The average molecular weight is 436 g/mol. The molecule has 0 bridgehead atoms. The first-order chi connectivity index (χ1) is 15.1. The highest BCUT2D eigenvalue weighted by atomic mass is 32.1. The van der Waals surface area contributed by atoms with E-state index in [0.717, 1.165) is 73.7 Å². The van der Waals surface area contributed by atoms with Crippen molar-refractivity contribution in [2.75, 3.05) is 26.3 Å². The van der Waals surface area contributed by atoms with E-state index in [1.165, 1.54) is 15.3 Å². The summed E-state index contributed by atoms with van der Waals surface area (Å²) in [4.78, 5) is 22.5. The van der Waals surface area contributed by atoms with Crippen LogP contribution in [0.25, 0.3) is 10.2 Å². The van der Waals surface area contributed by atoms with Crippen LogP contribution in [0.1, 0.15) is 40.7 Å². The highest BCUT2D eigenvalue weighted by Gasteiger charge is 2.26. The number of aryl methyl sites for hydroxylation is 1. The van der Waals surface area contributed by atoms with Gasteiger partial charge in [0.2, 0.25) is 0 Å². The maximum atomic E-state index is 13.8. The molecule has 6 nitrogen and oxygen atoms in total. The molecule has 1 fully saturated rings. The van der Waals surface area contributed by atoms with Crippen LogP contribution in [-0.4, -0.2) is 35.9 Å². The highest BCUT2D eigenvalue weighted by molar-refractivity contribution is 7.18. The van der Waals surface area contributed by atoms with Gasteiger partial charge < -0.3 is 9.64 Å². The second-order valence-electron chi connectivity index (χ2n) is 8.80. The fourth-order valence-corrected chi connectivity index (χ4v) is 6.08. The molecule has 0 saturated carbocycles. The van der Waals surface area contributed by atoms with Gasteiger partial charge in [0.15, 0.2) is 5.82 Å². The van der Waals surface area contributed by atoms with Crippen LogP contribution in [0.15, 0.2) is 29.1 Å². The summed E-state index contributed by atoms with van der Waals surface area (Å²) in [7, 11) is 0. The Hall–Kier alpha value is -2.53. The Morgan fingerprint density at radius 2 is 2.06 bits per heavy atom. The molecule has 0 radical (unpaired) electrons. The molecule has 2 aliphatic rings. The minimum absolute atomic E-state index is 0.0871. The molecule has 1 aromatic carbocycles. The Morgan fingerprint density at radius 1 is 1.29 bits per heavy atom. The second kappa shape index (κ2) is 8.54. The zero-order chi connectivity index (χ0) is 21.4. The number of quaternary nitrogens is 1. The number of nitrogens with one attached hydrogen (secondary N) is 1. The van der Waals surface area contributed by atoms with E-state index in [1.54, 1.807) is 11.3 Å². The van der Waals surface area contributed by atoms with Crippen LogP contribution >= 0.6 is 11.3 Å². The molecule has 1 aliphatic carbocycles. The maximum absolute atomic E-state index is 13.8. The number of benzene rings is 1. The van der Waals surface area contributed by atoms with E-state index in [9.17, 15) is 4.79 Å². The molecule has 160 valence electrons. The summed E-state index contributed by atoms with van der Waals surface area (Å²) in [5.74, 6) is 1.52. The minimum Gasteiger partial charge on any atom is -0.370 e. The number of rotatable bonds is 4. The summed E-state index contributed by atoms with van der Waals surface area (Å²) in [5.41, 5.74) is 2.96. The lowest BCUT2D eigenvalue weighted by Gasteiger charge is -2.24. The molecule has 0 amide bonds. The number of morpholine rings is 1. The number of nitrogens with zero attached hydrogens (tertiary/aromatic N) is 3. The Morgan fingerprint density at radius 3 is 2.81 bits per heavy atom. The molecule has 1 aliphatic heterocycles. The summed E-state index contributed by atoms with van der Waals surface area (Å²) in [6, 6.07) is 9.66. The first kappa shape index (κ1) is 20.4. The summed E-state index contributed by atoms with van der Waals surface area (Å²) >= 11 is 1.72. The Bertz CT molecular complexity index is 1200. The SMILES string of the molecule is C[C@H]1CCc2c(sc3nc(C[NH+]4CCOCC4)n(Cc4ccc(C#N)cc4)c(=O)c23)C1. The third kappa shape index (κ3) is 4.03. The smallest absolute Gasteiger partial charge is 0.263 e. The number of hydrogen-bond acceptors (Lipinski definition) is 5. The zero-order valence-corrected chi connectivity index (χ0v) is 18.6. The van der Waals surface area contributed by atoms with E-state index in [-0.39, 0.29) is 5.56 Å². The molecule has 2 aromatic heterocycles. The lowest BCUT2D eigenvalue weighted by Crippen LogP contribution is -3.13. The molecule has 7 heteroatoms. The van der Waals surface area contributed by atoms with Crippen LogP contribution in [0.4, 0.5) is 0 Å². The van der Waals surface area contributed by atoms with Crippen molar-refractivity contribution in [3.8, 4) is 6.07 Å². The Labute approximate surface area is 185 Å². The van der Waals surface area contributed by atoms with Gasteiger partial charge in [-0.3, -0.25) is 9.36 Å². The second-order valence-corrected chi connectivity index (χ2v) is 9.88. The molecule has 3 heterocycles. The van der Waals surface area contributed by atoms with Gasteiger partial charge in [-0.2, -0.15) is 5.26 Å². The van der Waals surface area contributed by atoms with Crippen LogP contribution in [0, 0.1) is 17.2 Å². The van der Waals surface area contributed by atoms with Crippen molar-refractivity contribution in [1.29, 1.82) is 5.26 Å². The third-order valence-electron chi connectivity index (χ3n) is 6.53. The molecular weight excluding hydrogens is 408 g/mol. The quantitative estimate of drug-likeness (QED) is 0.680. The van der Waals surface area contributed by atoms with Crippen LogP contribution in [0.2, 0.25) is 0 Å². The summed E-state index contributed by atoms with van der Waals surface area (Å²) < 4.78 is 7.38. The number of ether oxygens (including phenoxy) is 1. The van der Waals surface area contributed by atoms with Crippen molar-refractivity contribution < 1.29 is 9.64 Å². The van der Waals surface area contributed by atoms with Crippen LogP contribution in [-0.2, 0) is 30.7 Å². The highest BCUT2D eigenvalue weighted by Crippen LogP contribution is 2.35. The van der Waals surface area contributed by atoms with E-state index in [4.69, 9.17) is 15.0 Å². The van der Waals surface area contributed by atoms with Gasteiger partial charge in [-0.05, 0) is 48.4 Å². The summed E-state index contributed by atoms with van der Waals surface area (Å²) in [6.45, 7) is 6.87. The van der Waals surface area contributed by atoms with Crippen molar-refractivity contribution in [2.45, 2.75) is 39.3 Å². The monoisotopic (exact) mass is 435 g/mol. The molecular formula is C24H27N4O2S+. The van der Waals surface area contributed by atoms with Crippen molar-refractivity contribution in [2.24, 2.45) is 5.92 Å². The fourth-order valence-electron chi connectivity index (χ4n) is 4.69. The number of nitriles is 1. The van der Waals surface area contributed by atoms with Crippen molar-refractivity contribution in [1.82, 2.24) is 9.55 Å². The number of hydrogen-bond donors (Lipinski definition) is 1. The van der Waals surface area contributed by atoms with Gasteiger partial charge in [-0.25, -0.2) is 4.98 Å².